The summed E-state index contributed by atoms with van der Waals surface area (Å²) < 4.78 is 5.44. The first-order valence-electron chi connectivity index (χ1n) is 10.7. The topological polar surface area (TPSA) is 41.6 Å². The monoisotopic (exact) mass is 410 g/mol. The molecule has 1 aliphatic carbocycles. The number of nitrogens with one attached hydrogen (secondary N) is 1. The van der Waals surface area contributed by atoms with E-state index in [-0.39, 0.29) is 11.9 Å². The van der Waals surface area contributed by atoms with E-state index in [1.165, 1.54) is 11.1 Å². The molecule has 0 fully saturated rings. The minimum atomic E-state index is 0.00226. The summed E-state index contributed by atoms with van der Waals surface area (Å²) in [5.74, 6) is 1.58. The number of anilines is 2. The molecule has 3 aromatic carbocycles. The third-order valence-electron chi connectivity index (χ3n) is 6.51. The van der Waals surface area contributed by atoms with Gasteiger partial charge in [-0.15, -0.1) is 0 Å². The van der Waals surface area contributed by atoms with Gasteiger partial charge in [-0.1, -0.05) is 42.5 Å². The maximum absolute atomic E-state index is 13.2. The summed E-state index contributed by atoms with van der Waals surface area (Å²) in [6.45, 7) is 0. The highest BCUT2D eigenvalue weighted by molar-refractivity contribution is 6.06. The summed E-state index contributed by atoms with van der Waals surface area (Å²) in [4.78, 5) is 14.9. The lowest BCUT2D eigenvalue weighted by Crippen LogP contribution is -2.30. The molecule has 2 aliphatic rings. The van der Waals surface area contributed by atoms with Crippen molar-refractivity contribution < 1.29 is 9.53 Å². The van der Waals surface area contributed by atoms with Crippen molar-refractivity contribution in [2.45, 2.75) is 18.4 Å². The summed E-state index contributed by atoms with van der Waals surface area (Å²) in [7, 11) is 3.53. The van der Waals surface area contributed by atoms with E-state index in [0.29, 0.717) is 17.4 Å². The number of amides is 1. The van der Waals surface area contributed by atoms with Gasteiger partial charge in [0, 0.05) is 29.9 Å². The number of rotatable bonds is 4. The predicted molar refractivity (Wildman–Crippen MR) is 125 cm³/mol. The molecule has 0 radical (unpaired) electrons. The van der Waals surface area contributed by atoms with Crippen LogP contribution in [0.4, 0.5) is 11.4 Å². The van der Waals surface area contributed by atoms with Crippen molar-refractivity contribution in [2.24, 2.45) is 5.92 Å². The number of nitrogens with zero attached hydrogens (tertiary/aromatic N) is 1. The largest absolute Gasteiger partial charge is 0.497 e. The Morgan fingerprint density at radius 3 is 2.68 bits per heavy atom. The number of carbonyl (C=O) groups is 1. The molecule has 5 rings (SSSR count). The van der Waals surface area contributed by atoms with Crippen molar-refractivity contribution in [3.8, 4) is 5.75 Å². The third-order valence-corrected chi connectivity index (χ3v) is 6.51. The van der Waals surface area contributed by atoms with Gasteiger partial charge in [0.05, 0.1) is 13.2 Å². The molecule has 4 nitrogen and oxygen atoms in total. The van der Waals surface area contributed by atoms with E-state index in [2.05, 4.69) is 41.7 Å². The molecule has 0 bridgehead atoms. The van der Waals surface area contributed by atoms with Crippen molar-refractivity contribution in [3.63, 3.8) is 0 Å². The fourth-order valence-electron chi connectivity index (χ4n) is 4.85. The summed E-state index contributed by atoms with van der Waals surface area (Å²) in [5, 5.41) is 3.74. The van der Waals surface area contributed by atoms with Crippen LogP contribution in [0.15, 0.2) is 84.9 Å². The molecule has 0 spiro atoms. The molecule has 1 aliphatic heterocycles. The van der Waals surface area contributed by atoms with Gasteiger partial charge >= 0.3 is 0 Å². The molecule has 1 heterocycles. The number of ether oxygens (including phenoxy) is 1. The molecule has 31 heavy (non-hydrogen) atoms. The highest BCUT2D eigenvalue weighted by Gasteiger charge is 2.38. The van der Waals surface area contributed by atoms with Gasteiger partial charge in [0.15, 0.2) is 0 Å². The Bertz CT molecular complexity index is 1140. The molecule has 0 saturated heterocycles. The standard InChI is InChI=1S/C27H26N2O2/c1-29(20-9-4-3-5-10-20)27(30)19-14-15-25-24(17-19)22-12-7-13-23(22)26(28-25)18-8-6-11-21(16-18)31-2/h3-12,14-17,22-23,26,28H,13H2,1-2H3. The second-order valence-corrected chi connectivity index (χ2v) is 8.25. The number of methoxy groups -OCH3 is 1. The Kier molecular flexibility index (Phi) is 4.99. The van der Waals surface area contributed by atoms with E-state index in [1.54, 1.807) is 12.0 Å². The fourth-order valence-corrected chi connectivity index (χ4v) is 4.85. The van der Waals surface area contributed by atoms with Gasteiger partial charge in [0.2, 0.25) is 0 Å². The maximum Gasteiger partial charge on any atom is 0.258 e. The van der Waals surface area contributed by atoms with Crippen molar-refractivity contribution in [1.82, 2.24) is 0 Å². The lowest BCUT2D eigenvalue weighted by molar-refractivity contribution is 0.0993. The normalized spacial score (nSPS) is 21.0. The molecular formula is C27H26N2O2. The first-order chi connectivity index (χ1) is 15.2. The fraction of sp³-hybridized carbons (Fsp3) is 0.222. The van der Waals surface area contributed by atoms with Crippen LogP contribution in [0.25, 0.3) is 0 Å². The molecule has 156 valence electrons. The van der Waals surface area contributed by atoms with Crippen LogP contribution in [-0.4, -0.2) is 20.1 Å². The van der Waals surface area contributed by atoms with E-state index < -0.39 is 0 Å². The second kappa shape index (κ2) is 7.95. The van der Waals surface area contributed by atoms with Crippen LogP contribution < -0.4 is 15.0 Å². The SMILES string of the molecule is COc1cccc(C2Nc3ccc(C(=O)N(C)c4ccccc4)cc3C3C=CCC32)c1. The van der Waals surface area contributed by atoms with Crippen molar-refractivity contribution >= 4 is 17.3 Å². The first kappa shape index (κ1) is 19.4. The van der Waals surface area contributed by atoms with Crippen LogP contribution >= 0.6 is 0 Å². The summed E-state index contributed by atoms with van der Waals surface area (Å²) in [6.07, 6.45) is 5.58. The average Bonchev–Trinajstić information content (AvgIpc) is 3.33. The highest BCUT2D eigenvalue weighted by atomic mass is 16.5. The Morgan fingerprint density at radius 2 is 1.87 bits per heavy atom. The summed E-state index contributed by atoms with van der Waals surface area (Å²) in [6, 6.07) is 24.3. The molecule has 0 saturated carbocycles. The van der Waals surface area contributed by atoms with E-state index in [1.807, 2.05) is 55.6 Å². The number of hydrogen-bond acceptors (Lipinski definition) is 3. The molecule has 3 aromatic rings. The van der Waals surface area contributed by atoms with Gasteiger partial charge in [0.25, 0.3) is 5.91 Å². The molecule has 1 amide bonds. The van der Waals surface area contributed by atoms with Gasteiger partial charge in [-0.05, 0) is 65.9 Å². The minimum absolute atomic E-state index is 0.00226. The zero-order valence-corrected chi connectivity index (χ0v) is 17.8. The molecule has 3 atom stereocenters. The van der Waals surface area contributed by atoms with Gasteiger partial charge in [-0.2, -0.15) is 0 Å². The lowest BCUT2D eigenvalue weighted by atomic mass is 9.76. The maximum atomic E-state index is 13.2. The van der Waals surface area contributed by atoms with Crippen LogP contribution in [-0.2, 0) is 0 Å². The van der Waals surface area contributed by atoms with Gasteiger partial charge in [-0.25, -0.2) is 0 Å². The Morgan fingerprint density at radius 1 is 1.03 bits per heavy atom. The van der Waals surface area contributed by atoms with Crippen LogP contribution in [0, 0.1) is 5.92 Å². The van der Waals surface area contributed by atoms with Gasteiger partial charge < -0.3 is 15.0 Å². The van der Waals surface area contributed by atoms with Crippen molar-refractivity contribution in [2.75, 3.05) is 24.4 Å². The molecular weight excluding hydrogens is 384 g/mol. The van der Waals surface area contributed by atoms with E-state index in [0.717, 1.165) is 23.5 Å². The smallest absolute Gasteiger partial charge is 0.258 e. The van der Waals surface area contributed by atoms with E-state index in [4.69, 9.17) is 4.74 Å². The molecule has 3 unspecified atom stereocenters. The van der Waals surface area contributed by atoms with Crippen LogP contribution in [0.1, 0.15) is 39.9 Å². The average molecular weight is 411 g/mol. The predicted octanol–water partition coefficient (Wildman–Crippen LogP) is 5.80. The van der Waals surface area contributed by atoms with Crippen LogP contribution in [0.3, 0.4) is 0 Å². The number of fused-ring (bicyclic) bond motifs is 3. The van der Waals surface area contributed by atoms with Crippen molar-refractivity contribution in [3.05, 3.63) is 102 Å². The zero-order valence-electron chi connectivity index (χ0n) is 17.8. The minimum Gasteiger partial charge on any atom is -0.497 e. The lowest BCUT2D eigenvalue weighted by Gasteiger charge is -2.38. The van der Waals surface area contributed by atoms with Gasteiger partial charge in [0.1, 0.15) is 5.75 Å². The number of para-hydroxylation sites is 1. The molecule has 0 aromatic heterocycles. The van der Waals surface area contributed by atoms with Gasteiger partial charge in [-0.3, -0.25) is 4.79 Å². The number of hydrogen-bond donors (Lipinski definition) is 1. The zero-order chi connectivity index (χ0) is 21.4. The Labute approximate surface area is 183 Å². The number of benzene rings is 3. The van der Waals surface area contributed by atoms with Crippen molar-refractivity contribution in [1.29, 1.82) is 0 Å². The first-order valence-corrected chi connectivity index (χ1v) is 10.7. The van der Waals surface area contributed by atoms with Crippen LogP contribution in [0.5, 0.6) is 5.75 Å². The summed E-state index contributed by atoms with van der Waals surface area (Å²) >= 11 is 0. The quantitative estimate of drug-likeness (QED) is 0.553. The van der Waals surface area contributed by atoms with E-state index >= 15 is 0 Å². The molecule has 4 heteroatoms. The Hall–Kier alpha value is -3.53. The third kappa shape index (κ3) is 3.48. The molecule has 1 N–H and O–H groups in total. The van der Waals surface area contributed by atoms with Crippen LogP contribution in [0.2, 0.25) is 0 Å². The van der Waals surface area contributed by atoms with E-state index in [9.17, 15) is 4.79 Å². The number of allylic oxidation sites excluding steroid dienone is 2. The highest BCUT2D eigenvalue weighted by Crippen LogP contribution is 2.50. The number of carbonyl (C=O) groups excluding carboxylic acids is 1. The second-order valence-electron chi connectivity index (χ2n) is 8.25. The summed E-state index contributed by atoms with van der Waals surface area (Å²) in [5.41, 5.74) is 5.13. The Balaban J connectivity index is 1.47.